The Morgan fingerprint density at radius 3 is 2.12 bits per heavy atom. The van der Waals surface area contributed by atoms with E-state index in [1.54, 1.807) is 0 Å². The van der Waals surface area contributed by atoms with Gasteiger partial charge in [0.05, 0.1) is 17.8 Å². The topological polar surface area (TPSA) is 152 Å². The predicted molar refractivity (Wildman–Crippen MR) is 82.3 cm³/mol. The van der Waals surface area contributed by atoms with Crippen LogP contribution in [0.3, 0.4) is 0 Å². The number of primary sulfonamides is 1. The van der Waals surface area contributed by atoms with Crippen molar-refractivity contribution in [3.05, 3.63) is 23.3 Å². The molecule has 26 heavy (non-hydrogen) atoms. The summed E-state index contributed by atoms with van der Waals surface area (Å²) in [6.07, 6.45) is -8.29. The van der Waals surface area contributed by atoms with Gasteiger partial charge < -0.3 is 15.1 Å². The zero-order valence-electron chi connectivity index (χ0n) is 13.1. The van der Waals surface area contributed by atoms with Gasteiger partial charge in [-0.15, -0.1) is 0 Å². The number of hydrogen-bond donors (Lipinski definition) is 7. The summed E-state index contributed by atoms with van der Waals surface area (Å²) < 4.78 is 64.3. The van der Waals surface area contributed by atoms with Crippen molar-refractivity contribution in [3.63, 3.8) is 0 Å². The first-order valence-corrected chi connectivity index (χ1v) is 8.94. The van der Waals surface area contributed by atoms with Crippen LogP contribution in [0.25, 0.3) is 0 Å². The molecule has 2 saturated heterocycles. The molecule has 0 aromatic heterocycles. The number of anilines is 1. The predicted octanol–water partition coefficient (Wildman–Crippen LogP) is -1.99. The first kappa shape index (κ1) is 19.2. The number of β-amino-alcohol motifs (C(OH)–C–C–N with tert-alkyl or cyclic N) is 2. The second-order valence-corrected chi connectivity index (χ2v) is 7.43. The Balaban J connectivity index is 2.25. The molecule has 0 amide bonds. The molecule has 146 valence electrons. The Labute approximate surface area is 146 Å². The molecule has 8 N–H and O–H groups in total. The first-order chi connectivity index (χ1) is 12.0. The van der Waals surface area contributed by atoms with Crippen LogP contribution in [0.2, 0.25) is 0 Å². The Hall–Kier alpha value is -1.52. The van der Waals surface area contributed by atoms with Crippen LogP contribution in [0.5, 0.6) is 0 Å². The van der Waals surface area contributed by atoms with Crippen LogP contribution in [0.4, 0.5) is 18.9 Å². The number of nitrogens with one attached hydrogen (secondary N) is 4. The highest BCUT2D eigenvalue weighted by atomic mass is 32.2. The molecular weight excluding hydrogens is 381 g/mol. The fourth-order valence-corrected chi connectivity index (χ4v) is 4.06. The van der Waals surface area contributed by atoms with E-state index in [1.165, 1.54) is 4.90 Å². The molecular formula is C12H17F3N6O4S. The number of rotatable bonds is 3. The van der Waals surface area contributed by atoms with Crippen LogP contribution in [0.15, 0.2) is 17.0 Å². The molecule has 1 aromatic rings. The summed E-state index contributed by atoms with van der Waals surface area (Å²) in [5.41, 5.74) is 8.25. The minimum absolute atomic E-state index is 0.0770. The highest BCUT2D eigenvalue weighted by molar-refractivity contribution is 7.89. The summed E-state index contributed by atoms with van der Waals surface area (Å²) in [7, 11) is -4.77. The standard InChI is InChI=1S/C12H17F3N6O4S/c13-12(14,15)5-1-2-6(21-3-7(22)8(23)4-21)9(10(5)26(16,24)25)11-17-19-20-18-11/h1-2,7-8,11,17-20,22-23H,3-4H2,(H2,16,24,25)/t7-,8+. The lowest BCUT2D eigenvalue weighted by molar-refractivity contribution is -0.140. The zero-order chi connectivity index (χ0) is 19.3. The maximum Gasteiger partial charge on any atom is 0.417 e. The van der Waals surface area contributed by atoms with E-state index in [4.69, 9.17) is 5.14 Å². The third-order valence-corrected chi connectivity index (χ3v) is 5.16. The van der Waals surface area contributed by atoms with Crippen molar-refractivity contribution in [1.29, 1.82) is 0 Å². The number of aliphatic hydroxyl groups is 2. The first-order valence-electron chi connectivity index (χ1n) is 7.39. The normalized spacial score (nSPS) is 25.2. The van der Waals surface area contributed by atoms with E-state index in [2.05, 4.69) is 21.9 Å². The van der Waals surface area contributed by atoms with Crippen molar-refractivity contribution < 1.29 is 31.8 Å². The number of alkyl halides is 3. The van der Waals surface area contributed by atoms with Crippen molar-refractivity contribution in [2.45, 2.75) is 29.4 Å². The second kappa shape index (κ2) is 6.58. The van der Waals surface area contributed by atoms with Gasteiger partial charge in [-0.3, -0.25) is 0 Å². The maximum absolute atomic E-state index is 13.4. The van der Waals surface area contributed by atoms with Crippen LogP contribution < -0.4 is 32.0 Å². The summed E-state index contributed by atoms with van der Waals surface area (Å²) in [5.74, 6) is 0. The van der Waals surface area contributed by atoms with E-state index in [0.29, 0.717) is 6.07 Å². The van der Waals surface area contributed by atoms with Crippen LogP contribution >= 0.6 is 0 Å². The monoisotopic (exact) mass is 398 g/mol. The Morgan fingerprint density at radius 1 is 1.12 bits per heavy atom. The van der Waals surface area contributed by atoms with Gasteiger partial charge >= 0.3 is 6.18 Å². The Morgan fingerprint density at radius 2 is 1.65 bits per heavy atom. The van der Waals surface area contributed by atoms with Crippen LogP contribution in [0, 0.1) is 0 Å². The molecule has 0 radical (unpaired) electrons. The van der Waals surface area contributed by atoms with E-state index >= 15 is 0 Å². The average molecular weight is 398 g/mol. The molecule has 0 aliphatic carbocycles. The second-order valence-electron chi connectivity index (χ2n) is 5.93. The lowest BCUT2D eigenvalue weighted by atomic mass is 10.0. The number of hydrogen-bond acceptors (Lipinski definition) is 9. The minimum atomic E-state index is -4.96. The SMILES string of the molecule is NS(=O)(=O)c1c(C(F)(F)F)ccc(N2C[C@@H](O)[C@@H](O)C2)c1C1NNNN1. The lowest BCUT2D eigenvalue weighted by Crippen LogP contribution is -2.33. The number of halogens is 3. The third-order valence-electron chi connectivity index (χ3n) is 4.15. The molecule has 2 fully saturated rings. The minimum Gasteiger partial charge on any atom is -0.389 e. The van der Waals surface area contributed by atoms with Crippen LogP contribution in [-0.2, 0) is 16.2 Å². The summed E-state index contributed by atoms with van der Waals surface area (Å²) >= 11 is 0. The van der Waals surface area contributed by atoms with Gasteiger partial charge in [-0.25, -0.2) is 24.4 Å². The van der Waals surface area contributed by atoms with Gasteiger partial charge in [-0.05, 0) is 12.1 Å². The van der Waals surface area contributed by atoms with Crippen molar-refractivity contribution >= 4 is 15.7 Å². The summed E-state index contributed by atoms with van der Waals surface area (Å²) in [4.78, 5) is 0.301. The molecule has 0 saturated carbocycles. The van der Waals surface area contributed by atoms with Gasteiger partial charge in [-0.1, -0.05) is 0 Å². The summed E-state index contributed by atoms with van der Waals surface area (Å²) in [5, 5.41) is 24.6. The molecule has 10 nitrogen and oxygen atoms in total. The van der Waals surface area contributed by atoms with Crippen molar-refractivity contribution in [3.8, 4) is 0 Å². The molecule has 2 heterocycles. The van der Waals surface area contributed by atoms with Gasteiger partial charge in [-0.2, -0.15) is 24.2 Å². The summed E-state index contributed by atoms with van der Waals surface area (Å²) in [6.45, 7) is -0.172. The fourth-order valence-electron chi connectivity index (χ4n) is 3.04. The van der Waals surface area contributed by atoms with Gasteiger partial charge in [0, 0.05) is 24.3 Å². The smallest absolute Gasteiger partial charge is 0.389 e. The highest BCUT2D eigenvalue weighted by Gasteiger charge is 2.42. The molecule has 2 aliphatic heterocycles. The van der Waals surface area contributed by atoms with Gasteiger partial charge in [0.1, 0.15) is 11.1 Å². The van der Waals surface area contributed by atoms with E-state index in [9.17, 15) is 31.8 Å². The highest BCUT2D eigenvalue weighted by Crippen LogP contribution is 2.41. The maximum atomic E-state index is 13.4. The fraction of sp³-hybridized carbons (Fsp3) is 0.500. The van der Waals surface area contributed by atoms with E-state index in [1.807, 2.05) is 0 Å². The molecule has 3 rings (SSSR count). The van der Waals surface area contributed by atoms with Gasteiger partial charge in [0.25, 0.3) is 0 Å². The molecule has 2 aliphatic rings. The van der Waals surface area contributed by atoms with Crippen LogP contribution in [0.1, 0.15) is 17.3 Å². The molecule has 0 spiro atoms. The number of nitrogens with zero attached hydrogens (tertiary/aromatic N) is 1. The van der Waals surface area contributed by atoms with Crippen molar-refractivity contribution in [1.82, 2.24) is 21.9 Å². The number of sulfonamides is 1. The van der Waals surface area contributed by atoms with E-state index in [0.717, 1.165) is 6.07 Å². The lowest BCUT2D eigenvalue weighted by Gasteiger charge is -2.27. The number of aliphatic hydroxyl groups excluding tert-OH is 2. The summed E-state index contributed by atoms with van der Waals surface area (Å²) in [6, 6.07) is 1.70. The van der Waals surface area contributed by atoms with E-state index in [-0.39, 0.29) is 24.3 Å². The number of hydrazine groups is 3. The van der Waals surface area contributed by atoms with Crippen LogP contribution in [-0.4, -0.2) is 43.9 Å². The Bertz CT molecular complexity index is 789. The molecule has 1 aromatic carbocycles. The Kier molecular flexibility index (Phi) is 4.87. The van der Waals surface area contributed by atoms with Crippen molar-refractivity contribution in [2.24, 2.45) is 5.14 Å². The number of benzene rings is 1. The average Bonchev–Trinajstić information content (AvgIpc) is 3.14. The molecule has 14 heteroatoms. The van der Waals surface area contributed by atoms with Gasteiger partial charge in [0.2, 0.25) is 10.0 Å². The molecule has 0 bridgehead atoms. The molecule has 0 unspecified atom stereocenters. The number of nitrogens with two attached hydrogens (primary N) is 1. The third kappa shape index (κ3) is 3.49. The van der Waals surface area contributed by atoms with E-state index < -0.39 is 45.0 Å². The quantitative estimate of drug-likeness (QED) is 0.307. The zero-order valence-corrected chi connectivity index (χ0v) is 13.9. The molecule has 2 atom stereocenters. The van der Waals surface area contributed by atoms with Crippen molar-refractivity contribution in [2.75, 3.05) is 18.0 Å². The largest absolute Gasteiger partial charge is 0.417 e. The van der Waals surface area contributed by atoms with Gasteiger partial charge in [0.15, 0.2) is 0 Å².